The summed E-state index contributed by atoms with van der Waals surface area (Å²) in [5.41, 5.74) is 2.49. The Morgan fingerprint density at radius 1 is 0.900 bits per heavy atom. The minimum atomic E-state index is -3.54. The number of fused-ring (bicyclic) bond motifs is 3. The van der Waals surface area contributed by atoms with Crippen molar-refractivity contribution in [3.8, 4) is 5.75 Å². The molecule has 0 aliphatic carbocycles. The van der Waals surface area contributed by atoms with Crippen molar-refractivity contribution < 1.29 is 13.2 Å². The topological polar surface area (TPSA) is 46.6 Å². The quantitative estimate of drug-likeness (QED) is 0.618. The van der Waals surface area contributed by atoms with Gasteiger partial charge in [-0.25, -0.2) is 8.42 Å². The largest absolute Gasteiger partial charge is 0.492 e. The second-order valence-electron chi connectivity index (χ2n) is 8.06. The first-order chi connectivity index (χ1) is 14.6. The van der Waals surface area contributed by atoms with Crippen LogP contribution in [-0.2, 0) is 16.3 Å². The Bertz CT molecular complexity index is 1130. The average molecular weight is 420 g/mol. The summed E-state index contributed by atoms with van der Waals surface area (Å²) in [6, 6.07) is 24.9. The molecule has 0 spiro atoms. The summed E-state index contributed by atoms with van der Waals surface area (Å²) in [6.07, 6.45) is 2.12. The molecule has 2 aliphatic heterocycles. The highest BCUT2D eigenvalue weighted by Gasteiger charge is 2.40. The Kier molecular flexibility index (Phi) is 5.09. The molecule has 154 valence electrons. The first kappa shape index (κ1) is 19.3. The van der Waals surface area contributed by atoms with Gasteiger partial charge >= 0.3 is 0 Å². The maximum absolute atomic E-state index is 13.0. The Morgan fingerprint density at radius 2 is 1.63 bits per heavy atom. The molecule has 0 N–H and O–H groups in total. The average Bonchev–Trinajstić information content (AvgIpc) is 3.22. The number of nitrogens with zero attached hydrogens (tertiary/aromatic N) is 1. The van der Waals surface area contributed by atoms with Gasteiger partial charge in [0, 0.05) is 12.5 Å². The standard InChI is InChI=1S/C25H25NO3S/c27-30(28,20-9-5-2-6-10-20)21-11-12-23-22-14-16-26(24(22)18-29-25(23)17-21)15-13-19-7-3-1-4-8-19/h1-12,17,22,24H,13-16,18H2. The third kappa shape index (κ3) is 3.53. The van der Waals surface area contributed by atoms with Crippen molar-refractivity contribution in [3.05, 3.63) is 90.0 Å². The van der Waals surface area contributed by atoms with Gasteiger partial charge in [-0.3, -0.25) is 4.90 Å². The van der Waals surface area contributed by atoms with Crippen molar-refractivity contribution in [3.63, 3.8) is 0 Å². The van der Waals surface area contributed by atoms with E-state index in [1.54, 1.807) is 36.4 Å². The van der Waals surface area contributed by atoms with Crippen LogP contribution in [0.5, 0.6) is 5.75 Å². The molecule has 3 aromatic carbocycles. The summed E-state index contributed by atoms with van der Waals surface area (Å²) in [5.74, 6) is 1.12. The molecule has 5 rings (SSSR count). The van der Waals surface area contributed by atoms with Crippen LogP contribution in [0.3, 0.4) is 0 Å². The summed E-state index contributed by atoms with van der Waals surface area (Å²) >= 11 is 0. The van der Waals surface area contributed by atoms with E-state index in [-0.39, 0.29) is 0 Å². The highest BCUT2D eigenvalue weighted by Crippen LogP contribution is 2.43. The van der Waals surface area contributed by atoms with E-state index in [4.69, 9.17) is 4.74 Å². The number of sulfone groups is 1. The zero-order chi connectivity index (χ0) is 20.6. The maximum atomic E-state index is 13.0. The smallest absolute Gasteiger partial charge is 0.206 e. The van der Waals surface area contributed by atoms with Gasteiger partial charge in [-0.05, 0) is 54.8 Å². The van der Waals surface area contributed by atoms with Crippen molar-refractivity contribution in [2.45, 2.75) is 34.6 Å². The lowest BCUT2D eigenvalue weighted by Crippen LogP contribution is -2.40. The second kappa shape index (κ2) is 7.89. The van der Waals surface area contributed by atoms with Crippen LogP contribution in [0.2, 0.25) is 0 Å². The fourth-order valence-corrected chi connectivity index (χ4v) is 6.02. The van der Waals surface area contributed by atoms with Crippen LogP contribution in [-0.4, -0.2) is 39.1 Å². The molecular formula is C25H25NO3S. The van der Waals surface area contributed by atoms with Crippen molar-refractivity contribution in [1.29, 1.82) is 0 Å². The fraction of sp³-hybridized carbons (Fsp3) is 0.280. The predicted octanol–water partition coefficient (Wildman–Crippen LogP) is 4.31. The van der Waals surface area contributed by atoms with E-state index >= 15 is 0 Å². The van der Waals surface area contributed by atoms with E-state index in [1.165, 1.54) is 5.56 Å². The number of rotatable bonds is 5. The highest BCUT2D eigenvalue weighted by molar-refractivity contribution is 7.91. The van der Waals surface area contributed by atoms with Crippen LogP contribution in [0.1, 0.15) is 23.5 Å². The molecule has 4 nitrogen and oxygen atoms in total. The molecule has 30 heavy (non-hydrogen) atoms. The Labute approximate surface area is 178 Å². The monoisotopic (exact) mass is 419 g/mol. The van der Waals surface area contributed by atoms with Crippen LogP contribution in [0, 0.1) is 0 Å². The molecular weight excluding hydrogens is 394 g/mol. The number of hydrogen-bond acceptors (Lipinski definition) is 4. The Hall–Kier alpha value is -2.63. The van der Waals surface area contributed by atoms with Crippen molar-refractivity contribution in [1.82, 2.24) is 4.90 Å². The molecule has 0 aromatic heterocycles. The van der Waals surface area contributed by atoms with E-state index in [0.29, 0.717) is 28.4 Å². The van der Waals surface area contributed by atoms with Gasteiger partial charge < -0.3 is 4.74 Å². The lowest BCUT2D eigenvalue weighted by Gasteiger charge is -2.33. The molecule has 0 amide bonds. The van der Waals surface area contributed by atoms with Crippen molar-refractivity contribution in [2.75, 3.05) is 19.7 Å². The van der Waals surface area contributed by atoms with Gasteiger partial charge in [0.1, 0.15) is 12.4 Å². The van der Waals surface area contributed by atoms with Gasteiger partial charge in [0.2, 0.25) is 9.84 Å². The molecule has 1 saturated heterocycles. The molecule has 5 heteroatoms. The molecule has 0 radical (unpaired) electrons. The lowest BCUT2D eigenvalue weighted by molar-refractivity contribution is 0.148. The Balaban J connectivity index is 1.35. The van der Waals surface area contributed by atoms with Crippen molar-refractivity contribution in [2.24, 2.45) is 0 Å². The number of ether oxygens (including phenoxy) is 1. The van der Waals surface area contributed by atoms with Crippen LogP contribution in [0.4, 0.5) is 0 Å². The van der Waals surface area contributed by atoms with Crippen LogP contribution < -0.4 is 4.74 Å². The van der Waals surface area contributed by atoms with Gasteiger partial charge in [-0.2, -0.15) is 0 Å². The second-order valence-corrected chi connectivity index (χ2v) is 10.0. The zero-order valence-corrected chi connectivity index (χ0v) is 17.6. The van der Waals surface area contributed by atoms with Crippen LogP contribution in [0.15, 0.2) is 88.7 Å². The van der Waals surface area contributed by atoms with E-state index in [2.05, 4.69) is 29.2 Å². The highest BCUT2D eigenvalue weighted by atomic mass is 32.2. The summed E-state index contributed by atoms with van der Waals surface area (Å²) in [7, 11) is -3.54. The van der Waals surface area contributed by atoms with Gasteiger partial charge in [0.15, 0.2) is 0 Å². The summed E-state index contributed by atoms with van der Waals surface area (Å²) in [5, 5.41) is 0. The molecule has 2 atom stereocenters. The summed E-state index contributed by atoms with van der Waals surface area (Å²) < 4.78 is 32.0. The van der Waals surface area contributed by atoms with Gasteiger partial charge in [0.25, 0.3) is 0 Å². The Morgan fingerprint density at radius 3 is 2.40 bits per heavy atom. The fourth-order valence-electron chi connectivity index (χ4n) is 4.72. The molecule has 3 aromatic rings. The molecule has 1 fully saturated rings. The zero-order valence-electron chi connectivity index (χ0n) is 16.8. The molecule has 0 bridgehead atoms. The molecule has 2 aliphatic rings. The lowest BCUT2D eigenvalue weighted by atomic mass is 9.89. The number of hydrogen-bond donors (Lipinski definition) is 0. The third-order valence-corrected chi connectivity index (χ3v) is 8.12. The summed E-state index contributed by atoms with van der Waals surface area (Å²) in [6.45, 7) is 2.68. The van der Waals surface area contributed by atoms with E-state index < -0.39 is 9.84 Å². The third-order valence-electron chi connectivity index (χ3n) is 6.35. The van der Waals surface area contributed by atoms with Gasteiger partial charge in [0.05, 0.1) is 15.8 Å². The van der Waals surface area contributed by atoms with Crippen LogP contribution in [0.25, 0.3) is 0 Å². The van der Waals surface area contributed by atoms with Gasteiger partial charge in [-0.15, -0.1) is 0 Å². The number of likely N-dealkylation sites (tertiary alicyclic amines) is 1. The SMILES string of the molecule is O=S(=O)(c1ccccc1)c1ccc2c(c1)OCC1C2CCN1CCc1ccccc1. The molecule has 0 saturated carbocycles. The molecule has 2 unspecified atom stereocenters. The maximum Gasteiger partial charge on any atom is 0.206 e. The normalized spacial score (nSPS) is 20.9. The number of benzene rings is 3. The first-order valence-corrected chi connectivity index (χ1v) is 12.0. The van der Waals surface area contributed by atoms with E-state index in [0.717, 1.165) is 37.2 Å². The van der Waals surface area contributed by atoms with Crippen molar-refractivity contribution >= 4 is 9.84 Å². The minimum Gasteiger partial charge on any atom is -0.492 e. The first-order valence-electron chi connectivity index (χ1n) is 10.5. The van der Waals surface area contributed by atoms with E-state index in [9.17, 15) is 8.42 Å². The molecule has 2 heterocycles. The van der Waals surface area contributed by atoms with Crippen LogP contribution >= 0.6 is 0 Å². The summed E-state index contributed by atoms with van der Waals surface area (Å²) in [4.78, 5) is 3.13. The van der Waals surface area contributed by atoms with E-state index in [1.807, 2.05) is 18.2 Å². The predicted molar refractivity (Wildman–Crippen MR) is 117 cm³/mol. The minimum absolute atomic E-state index is 0.296. The van der Waals surface area contributed by atoms with Gasteiger partial charge in [-0.1, -0.05) is 54.6 Å².